The molecule has 170 valence electrons. The van der Waals surface area contributed by atoms with Crippen LogP contribution in [0.3, 0.4) is 0 Å². The molecule has 0 aliphatic carbocycles. The SMILES string of the molecule is COc1cc2c(cc1OC)[C@H](c1ccccc1)N(CC(=O)Nc1ccccc1C(C)=O)CC2. The summed E-state index contributed by atoms with van der Waals surface area (Å²) in [5.74, 6) is 1.13. The van der Waals surface area contributed by atoms with Gasteiger partial charge in [0.1, 0.15) is 0 Å². The molecule has 1 atom stereocenters. The number of methoxy groups -OCH3 is 2. The minimum atomic E-state index is -0.159. The highest BCUT2D eigenvalue weighted by molar-refractivity contribution is 6.04. The fourth-order valence-corrected chi connectivity index (χ4v) is 4.47. The summed E-state index contributed by atoms with van der Waals surface area (Å²) < 4.78 is 11.1. The first kappa shape index (κ1) is 22.6. The van der Waals surface area contributed by atoms with Crippen molar-refractivity contribution in [1.82, 2.24) is 4.90 Å². The first-order valence-corrected chi connectivity index (χ1v) is 11.0. The molecule has 0 aromatic heterocycles. The van der Waals surface area contributed by atoms with Crippen LogP contribution in [0.1, 0.15) is 40.0 Å². The lowest BCUT2D eigenvalue weighted by atomic mass is 9.87. The molecule has 0 bridgehead atoms. The van der Waals surface area contributed by atoms with Crippen LogP contribution < -0.4 is 14.8 Å². The number of fused-ring (bicyclic) bond motifs is 1. The number of para-hydroxylation sites is 1. The highest BCUT2D eigenvalue weighted by Gasteiger charge is 2.31. The first-order chi connectivity index (χ1) is 16.0. The summed E-state index contributed by atoms with van der Waals surface area (Å²) >= 11 is 0. The molecule has 1 heterocycles. The number of ether oxygens (including phenoxy) is 2. The number of anilines is 1. The average Bonchev–Trinajstić information content (AvgIpc) is 2.83. The third kappa shape index (κ3) is 4.76. The number of nitrogens with zero attached hydrogens (tertiary/aromatic N) is 1. The number of carbonyl (C=O) groups excluding carboxylic acids is 2. The second-order valence-corrected chi connectivity index (χ2v) is 8.09. The molecule has 33 heavy (non-hydrogen) atoms. The lowest BCUT2D eigenvalue weighted by Gasteiger charge is -2.37. The van der Waals surface area contributed by atoms with Crippen molar-refractivity contribution in [2.24, 2.45) is 0 Å². The zero-order valence-electron chi connectivity index (χ0n) is 19.1. The largest absolute Gasteiger partial charge is 0.493 e. The molecule has 1 aliphatic rings. The van der Waals surface area contributed by atoms with Crippen LogP contribution in [0.2, 0.25) is 0 Å². The van der Waals surface area contributed by atoms with Gasteiger partial charge in [0.2, 0.25) is 5.91 Å². The zero-order valence-corrected chi connectivity index (χ0v) is 19.1. The third-order valence-corrected chi connectivity index (χ3v) is 6.02. The van der Waals surface area contributed by atoms with Gasteiger partial charge < -0.3 is 14.8 Å². The Labute approximate surface area is 194 Å². The number of hydrogen-bond acceptors (Lipinski definition) is 5. The molecule has 0 spiro atoms. The summed E-state index contributed by atoms with van der Waals surface area (Å²) in [5, 5.41) is 2.93. The lowest BCUT2D eigenvalue weighted by Crippen LogP contribution is -2.41. The number of benzene rings is 3. The molecule has 0 saturated carbocycles. The molecule has 4 rings (SSSR count). The molecule has 6 nitrogen and oxygen atoms in total. The van der Waals surface area contributed by atoms with E-state index in [2.05, 4.69) is 22.3 Å². The maximum absolute atomic E-state index is 13.1. The molecule has 0 unspecified atom stereocenters. The van der Waals surface area contributed by atoms with Gasteiger partial charge in [0.25, 0.3) is 0 Å². The normalized spacial score (nSPS) is 15.4. The number of ketones is 1. The van der Waals surface area contributed by atoms with E-state index in [1.54, 1.807) is 32.4 Å². The summed E-state index contributed by atoms with van der Waals surface area (Å²) in [7, 11) is 3.26. The van der Waals surface area contributed by atoms with Crippen molar-refractivity contribution in [3.63, 3.8) is 0 Å². The Morgan fingerprint density at radius 3 is 2.33 bits per heavy atom. The van der Waals surface area contributed by atoms with Crippen LogP contribution in [0.15, 0.2) is 66.7 Å². The Kier molecular flexibility index (Phi) is 6.75. The minimum Gasteiger partial charge on any atom is -0.493 e. The second kappa shape index (κ2) is 9.88. The van der Waals surface area contributed by atoms with Gasteiger partial charge in [-0.25, -0.2) is 0 Å². The van der Waals surface area contributed by atoms with Gasteiger partial charge in [-0.1, -0.05) is 42.5 Å². The smallest absolute Gasteiger partial charge is 0.238 e. The molecule has 0 radical (unpaired) electrons. The second-order valence-electron chi connectivity index (χ2n) is 8.09. The molecule has 1 amide bonds. The maximum Gasteiger partial charge on any atom is 0.238 e. The van der Waals surface area contributed by atoms with Gasteiger partial charge in [-0.2, -0.15) is 0 Å². The summed E-state index contributed by atoms with van der Waals surface area (Å²) in [6.45, 7) is 2.41. The summed E-state index contributed by atoms with van der Waals surface area (Å²) in [4.78, 5) is 27.2. The van der Waals surface area contributed by atoms with Crippen molar-refractivity contribution in [2.75, 3.05) is 32.6 Å². The number of hydrogen-bond donors (Lipinski definition) is 1. The highest BCUT2D eigenvalue weighted by atomic mass is 16.5. The quantitative estimate of drug-likeness (QED) is 0.544. The average molecular weight is 445 g/mol. The monoisotopic (exact) mass is 444 g/mol. The predicted octanol–water partition coefficient (Wildman–Crippen LogP) is 4.49. The van der Waals surface area contributed by atoms with Gasteiger partial charge in [0, 0.05) is 12.1 Å². The van der Waals surface area contributed by atoms with Crippen molar-refractivity contribution < 1.29 is 19.1 Å². The molecule has 3 aromatic rings. The van der Waals surface area contributed by atoms with E-state index in [1.807, 2.05) is 36.4 Å². The van der Waals surface area contributed by atoms with E-state index in [0.717, 1.165) is 17.5 Å². The molecule has 1 N–H and O–H groups in total. The van der Waals surface area contributed by atoms with Crippen LogP contribution >= 0.6 is 0 Å². The molecule has 6 heteroatoms. The summed E-state index contributed by atoms with van der Waals surface area (Å²) in [6.07, 6.45) is 0.788. The standard InChI is InChI=1S/C27H28N2O4/c1-18(30)21-11-7-8-12-23(21)28-26(31)17-29-14-13-20-15-24(32-2)25(33-3)16-22(20)27(29)19-9-5-4-6-10-19/h4-12,15-16,27H,13-14,17H2,1-3H3,(H,28,31)/t27-/m0/s1. The zero-order chi connectivity index (χ0) is 23.4. The number of rotatable bonds is 7. The fraction of sp³-hybridized carbons (Fsp3) is 0.259. The van der Waals surface area contributed by atoms with Crippen LogP contribution in [0.25, 0.3) is 0 Å². The molecule has 3 aromatic carbocycles. The van der Waals surface area contributed by atoms with E-state index in [9.17, 15) is 9.59 Å². The molecular formula is C27H28N2O4. The van der Waals surface area contributed by atoms with Crippen molar-refractivity contribution in [3.8, 4) is 11.5 Å². The van der Waals surface area contributed by atoms with Crippen LogP contribution in [0.4, 0.5) is 5.69 Å². The molecule has 0 fully saturated rings. The van der Waals surface area contributed by atoms with E-state index in [1.165, 1.54) is 12.5 Å². The molecule has 1 aliphatic heterocycles. The van der Waals surface area contributed by atoms with E-state index in [-0.39, 0.29) is 24.3 Å². The fourth-order valence-electron chi connectivity index (χ4n) is 4.47. The number of amides is 1. The van der Waals surface area contributed by atoms with E-state index >= 15 is 0 Å². The third-order valence-electron chi connectivity index (χ3n) is 6.02. The summed E-state index contributed by atoms with van der Waals surface area (Å²) in [6, 6.07) is 21.2. The Balaban J connectivity index is 1.66. The van der Waals surface area contributed by atoms with Gasteiger partial charge in [-0.3, -0.25) is 14.5 Å². The van der Waals surface area contributed by atoms with Crippen LogP contribution in [-0.2, 0) is 11.2 Å². The number of Topliss-reactive ketones (excluding diaryl/α,β-unsaturated/α-hetero) is 1. The highest BCUT2D eigenvalue weighted by Crippen LogP contribution is 2.40. The van der Waals surface area contributed by atoms with E-state index in [0.29, 0.717) is 29.3 Å². The van der Waals surface area contributed by atoms with Gasteiger partial charge in [0.05, 0.1) is 32.5 Å². The molecular weight excluding hydrogens is 416 g/mol. The maximum atomic E-state index is 13.1. The van der Waals surface area contributed by atoms with Crippen LogP contribution in [0, 0.1) is 0 Å². The van der Waals surface area contributed by atoms with Crippen molar-refractivity contribution in [2.45, 2.75) is 19.4 Å². The predicted molar refractivity (Wildman–Crippen MR) is 128 cm³/mol. The van der Waals surface area contributed by atoms with Crippen LogP contribution in [0.5, 0.6) is 11.5 Å². The topological polar surface area (TPSA) is 67.9 Å². The Hall–Kier alpha value is -3.64. The van der Waals surface area contributed by atoms with Crippen molar-refractivity contribution in [3.05, 3.63) is 89.0 Å². The minimum absolute atomic E-state index is 0.0824. The van der Waals surface area contributed by atoms with Crippen molar-refractivity contribution >= 4 is 17.4 Å². The number of carbonyl (C=O) groups is 2. The van der Waals surface area contributed by atoms with Crippen molar-refractivity contribution in [1.29, 1.82) is 0 Å². The first-order valence-electron chi connectivity index (χ1n) is 11.0. The number of nitrogens with one attached hydrogen (secondary N) is 1. The van der Waals surface area contributed by atoms with Gasteiger partial charge in [-0.05, 0) is 54.3 Å². The van der Waals surface area contributed by atoms with Gasteiger partial charge in [-0.15, -0.1) is 0 Å². The molecule has 0 saturated heterocycles. The Morgan fingerprint density at radius 2 is 1.64 bits per heavy atom. The van der Waals surface area contributed by atoms with Gasteiger partial charge in [0.15, 0.2) is 17.3 Å². The Morgan fingerprint density at radius 1 is 0.970 bits per heavy atom. The Bertz CT molecular complexity index is 1160. The van der Waals surface area contributed by atoms with Gasteiger partial charge >= 0.3 is 0 Å². The lowest BCUT2D eigenvalue weighted by molar-refractivity contribution is -0.117. The van der Waals surface area contributed by atoms with Crippen LogP contribution in [-0.4, -0.2) is 43.9 Å². The summed E-state index contributed by atoms with van der Waals surface area (Å²) in [5.41, 5.74) is 4.42. The van der Waals surface area contributed by atoms with E-state index < -0.39 is 0 Å². The van der Waals surface area contributed by atoms with E-state index in [4.69, 9.17) is 9.47 Å².